The summed E-state index contributed by atoms with van der Waals surface area (Å²) >= 11 is 0. The lowest BCUT2D eigenvalue weighted by Crippen LogP contribution is -2.17. The number of halogens is 2. The Kier molecular flexibility index (Phi) is 11.7. The van der Waals surface area contributed by atoms with E-state index in [0.29, 0.717) is 22.5 Å². The molecule has 0 bridgehead atoms. The molecule has 0 radical (unpaired) electrons. The summed E-state index contributed by atoms with van der Waals surface area (Å²) in [5.41, 5.74) is 19.3. The lowest BCUT2D eigenvalue weighted by molar-refractivity contribution is 0.632. The second-order valence-electron chi connectivity index (χ2n) is 24.2. The molecule has 0 N–H and O–H groups in total. The van der Waals surface area contributed by atoms with Gasteiger partial charge in [-0.15, -0.1) is 0 Å². The molecule has 0 atom stereocenters. The lowest BCUT2D eigenvalue weighted by atomic mass is 9.82. The van der Waals surface area contributed by atoms with E-state index in [4.69, 9.17) is 0 Å². The first kappa shape index (κ1) is 51.2. The second kappa shape index (κ2) is 19.6. The summed E-state index contributed by atoms with van der Waals surface area (Å²) < 4.78 is 37.6. The van der Waals surface area contributed by atoms with Crippen molar-refractivity contribution in [3.63, 3.8) is 0 Å². The number of hydrogen-bond acceptors (Lipinski definition) is 2. The van der Waals surface area contributed by atoms with Gasteiger partial charge in [0.15, 0.2) is 11.6 Å². The first-order chi connectivity index (χ1) is 42.0. The number of anilines is 6. The average Bonchev–Trinajstić information content (AvgIpc) is 1.70. The minimum absolute atomic E-state index is 0.322. The highest BCUT2D eigenvalue weighted by Crippen LogP contribution is 2.59. The predicted molar refractivity (Wildman–Crippen MR) is 356 cm³/mol. The summed E-state index contributed by atoms with van der Waals surface area (Å²) in [6.07, 6.45) is 0. The Balaban J connectivity index is 1.00. The van der Waals surface area contributed by atoms with Crippen molar-refractivity contribution in [3.8, 4) is 66.8 Å². The van der Waals surface area contributed by atoms with Crippen molar-refractivity contribution in [1.29, 1.82) is 0 Å². The van der Waals surface area contributed by atoms with E-state index in [-0.39, 0.29) is 22.5 Å². The average molecular weight is 1110 g/mol. The van der Waals surface area contributed by atoms with Crippen LogP contribution in [0.15, 0.2) is 279 Å². The largest absolute Gasteiger partial charge is 0.306 e. The Morgan fingerprint density at radius 3 is 0.988 bits per heavy atom. The van der Waals surface area contributed by atoms with Gasteiger partial charge in [-0.3, -0.25) is 0 Å². The third-order valence-corrected chi connectivity index (χ3v) is 18.7. The van der Waals surface area contributed by atoms with Gasteiger partial charge in [-0.05, 0) is 137 Å². The fourth-order valence-electron chi connectivity index (χ4n) is 14.6. The fraction of sp³-hybridized carbons (Fsp3) is 0.0732. The van der Waals surface area contributed by atoms with Gasteiger partial charge in [-0.25, -0.2) is 8.78 Å². The van der Waals surface area contributed by atoms with Crippen molar-refractivity contribution >= 4 is 66.4 Å². The Bertz CT molecular complexity index is 4690. The van der Waals surface area contributed by atoms with Crippen LogP contribution in [0.2, 0.25) is 0 Å². The minimum Gasteiger partial charge on any atom is -0.306 e. The van der Waals surface area contributed by atoms with E-state index in [0.717, 1.165) is 111 Å². The summed E-state index contributed by atoms with van der Waals surface area (Å²) in [4.78, 5) is 4.40. The van der Waals surface area contributed by atoms with Gasteiger partial charge in [0.05, 0.1) is 34.1 Å². The number of hydrogen-bond donors (Lipinski definition) is 0. The summed E-state index contributed by atoms with van der Waals surface area (Å²) in [5, 5.41) is 6.07. The van der Waals surface area contributed by atoms with Crippen molar-refractivity contribution in [3.05, 3.63) is 313 Å². The quantitative estimate of drug-likeness (QED) is 0.126. The molecule has 16 rings (SSSR count). The molecular weight excluding hydrogens is 1050 g/mol. The molecule has 2 nitrogen and oxygen atoms in total. The Morgan fingerprint density at radius 2 is 0.593 bits per heavy atom. The fourth-order valence-corrected chi connectivity index (χ4v) is 14.6. The number of nitrogens with zero attached hydrogens (tertiary/aromatic N) is 2. The zero-order valence-electron chi connectivity index (χ0n) is 48.2. The van der Waals surface area contributed by atoms with E-state index in [1.54, 1.807) is 0 Å². The van der Waals surface area contributed by atoms with Crippen molar-refractivity contribution in [2.75, 3.05) is 9.80 Å². The van der Waals surface area contributed by atoms with Crippen LogP contribution in [0.25, 0.3) is 99.1 Å². The van der Waals surface area contributed by atoms with Crippen LogP contribution < -0.4 is 9.80 Å². The first-order valence-electron chi connectivity index (χ1n) is 29.7. The normalized spacial score (nSPS) is 13.4. The van der Waals surface area contributed by atoms with E-state index in [9.17, 15) is 0 Å². The van der Waals surface area contributed by atoms with Crippen LogP contribution in [0, 0.1) is 11.6 Å². The molecule has 0 aliphatic heterocycles. The van der Waals surface area contributed by atoms with Gasteiger partial charge >= 0.3 is 0 Å². The van der Waals surface area contributed by atoms with Crippen molar-refractivity contribution in [2.45, 2.75) is 38.5 Å². The molecule has 0 amide bonds. The molecule has 0 spiro atoms. The van der Waals surface area contributed by atoms with Crippen LogP contribution >= 0.6 is 0 Å². The standard InChI is InChI=1S/C82H58F2N2/c1-81(2)65-33-19-17-31-59(65)77-67(81)35-21-37-71(77)85(73-49-57(51-23-9-5-10-24-51)47-63(79(73)83)53-27-13-7-14-28-53)69-45-41-55-40-44-62-70(46-42-56-39-43-61(69)75(55)76(56)62)86(72-38-22-36-68-78(72)60-32-18-20-34-66(60)82(68,3)4)74-50-58(52-25-11-6-12-26-52)48-64(80(74)84)54-29-15-8-16-30-54/h5-50H,1-4H3. The Morgan fingerprint density at radius 1 is 0.256 bits per heavy atom. The van der Waals surface area contributed by atoms with E-state index in [2.05, 4.69) is 195 Å². The van der Waals surface area contributed by atoms with E-state index in [1.165, 1.54) is 22.3 Å². The lowest BCUT2D eigenvalue weighted by Gasteiger charge is -2.32. The molecule has 410 valence electrons. The number of fused-ring (bicyclic) bond motifs is 6. The third kappa shape index (κ3) is 7.75. The van der Waals surface area contributed by atoms with Gasteiger partial charge in [0.25, 0.3) is 0 Å². The molecule has 0 aromatic heterocycles. The molecule has 0 heterocycles. The molecule has 0 unspecified atom stereocenters. The maximum absolute atomic E-state index is 18.8. The van der Waals surface area contributed by atoms with Crippen molar-refractivity contribution < 1.29 is 8.78 Å². The highest BCUT2D eigenvalue weighted by molar-refractivity contribution is 6.28. The summed E-state index contributed by atoms with van der Waals surface area (Å²) in [6, 6.07) is 96.6. The molecule has 86 heavy (non-hydrogen) atoms. The van der Waals surface area contributed by atoms with Crippen LogP contribution in [0.4, 0.5) is 42.9 Å². The molecule has 0 saturated heterocycles. The predicted octanol–water partition coefficient (Wildman–Crippen LogP) is 23.1. The molecule has 2 aliphatic rings. The third-order valence-electron chi connectivity index (χ3n) is 18.7. The maximum atomic E-state index is 18.8. The highest BCUT2D eigenvalue weighted by Gasteiger charge is 2.41. The molecule has 0 saturated carbocycles. The van der Waals surface area contributed by atoms with E-state index in [1.807, 2.05) is 121 Å². The number of rotatable bonds is 10. The van der Waals surface area contributed by atoms with Crippen molar-refractivity contribution in [2.24, 2.45) is 0 Å². The maximum Gasteiger partial charge on any atom is 0.155 e. The Labute approximate surface area is 500 Å². The van der Waals surface area contributed by atoms with Gasteiger partial charge in [0.1, 0.15) is 0 Å². The number of benzene rings is 14. The zero-order valence-corrected chi connectivity index (χ0v) is 48.2. The van der Waals surface area contributed by atoms with Gasteiger partial charge < -0.3 is 9.80 Å². The highest BCUT2D eigenvalue weighted by atomic mass is 19.1. The summed E-state index contributed by atoms with van der Waals surface area (Å²) in [5.74, 6) is -0.644. The Hall–Kier alpha value is -10.4. The van der Waals surface area contributed by atoms with Gasteiger partial charge in [0, 0.05) is 43.9 Å². The SMILES string of the molecule is CC1(C)c2ccccc2-c2c(N(c3cc(-c4ccccc4)cc(-c4ccccc4)c3F)c3ccc4ccc5c(N(c6cc(-c7ccccc7)cc(-c7ccccc7)c6F)c6cccc7c6-c6ccccc6C7(C)C)ccc6ccc3c4c65)cccc21. The molecule has 2 aliphatic carbocycles. The molecule has 0 fully saturated rings. The topological polar surface area (TPSA) is 6.48 Å². The summed E-state index contributed by atoms with van der Waals surface area (Å²) in [6.45, 7) is 9.18. The molecule has 14 aromatic carbocycles. The van der Waals surface area contributed by atoms with Crippen LogP contribution in [0.1, 0.15) is 49.9 Å². The summed E-state index contributed by atoms with van der Waals surface area (Å²) in [7, 11) is 0. The smallest absolute Gasteiger partial charge is 0.155 e. The molecule has 14 aromatic rings. The second-order valence-corrected chi connectivity index (χ2v) is 24.2. The van der Waals surface area contributed by atoms with E-state index < -0.39 is 0 Å². The zero-order chi connectivity index (χ0) is 58.0. The van der Waals surface area contributed by atoms with Gasteiger partial charge in [-0.1, -0.05) is 258 Å². The first-order valence-corrected chi connectivity index (χ1v) is 29.7. The monoisotopic (exact) mass is 1110 g/mol. The van der Waals surface area contributed by atoms with Crippen molar-refractivity contribution in [1.82, 2.24) is 0 Å². The van der Waals surface area contributed by atoms with Crippen LogP contribution in [0.3, 0.4) is 0 Å². The minimum atomic E-state index is -0.323. The van der Waals surface area contributed by atoms with Crippen LogP contribution in [-0.4, -0.2) is 0 Å². The molecule has 4 heteroatoms. The molecular formula is C82H58F2N2. The van der Waals surface area contributed by atoms with Gasteiger partial charge in [0.2, 0.25) is 0 Å². The van der Waals surface area contributed by atoms with Gasteiger partial charge in [-0.2, -0.15) is 0 Å². The van der Waals surface area contributed by atoms with E-state index >= 15 is 8.78 Å². The van der Waals surface area contributed by atoms with Crippen LogP contribution in [-0.2, 0) is 10.8 Å². The van der Waals surface area contributed by atoms with Crippen LogP contribution in [0.5, 0.6) is 0 Å².